The number of carbonyl (C=O) groups excluding carboxylic acids is 3. The van der Waals surface area contributed by atoms with Gasteiger partial charge in [0.2, 0.25) is 11.8 Å². The number of carbonyl (C=O) groups is 3. The van der Waals surface area contributed by atoms with Crippen LogP contribution in [0.25, 0.3) is 0 Å². The summed E-state index contributed by atoms with van der Waals surface area (Å²) < 4.78 is 0. The molecule has 0 N–H and O–H groups in total. The number of imide groups is 1. The van der Waals surface area contributed by atoms with Gasteiger partial charge in [-0.2, -0.15) is 0 Å². The lowest BCUT2D eigenvalue weighted by Gasteiger charge is -2.28. The molecular formula is C21H20N2O3. The van der Waals surface area contributed by atoms with Crippen molar-refractivity contribution in [3.05, 3.63) is 66.2 Å². The van der Waals surface area contributed by atoms with E-state index in [0.717, 1.165) is 18.4 Å². The van der Waals surface area contributed by atoms with Gasteiger partial charge >= 0.3 is 0 Å². The van der Waals surface area contributed by atoms with Crippen molar-refractivity contribution in [2.24, 2.45) is 5.92 Å². The monoisotopic (exact) mass is 348 g/mol. The molecular weight excluding hydrogens is 328 g/mol. The van der Waals surface area contributed by atoms with Crippen molar-refractivity contribution in [3.63, 3.8) is 0 Å². The van der Waals surface area contributed by atoms with Crippen molar-refractivity contribution in [1.29, 1.82) is 0 Å². The van der Waals surface area contributed by atoms with Crippen molar-refractivity contribution in [3.8, 4) is 0 Å². The highest BCUT2D eigenvalue weighted by molar-refractivity contribution is 6.23. The van der Waals surface area contributed by atoms with E-state index in [1.165, 1.54) is 4.90 Å². The Morgan fingerprint density at radius 3 is 2.19 bits per heavy atom. The summed E-state index contributed by atoms with van der Waals surface area (Å²) in [6, 6.07) is 17.8. The molecule has 4 rings (SSSR count). The molecule has 2 aromatic carbocycles. The van der Waals surface area contributed by atoms with Crippen molar-refractivity contribution in [2.45, 2.75) is 31.8 Å². The summed E-state index contributed by atoms with van der Waals surface area (Å²) in [4.78, 5) is 41.2. The first-order chi connectivity index (χ1) is 12.6. The predicted molar refractivity (Wildman–Crippen MR) is 97.1 cm³/mol. The number of benzene rings is 2. The van der Waals surface area contributed by atoms with Crippen molar-refractivity contribution in [2.75, 3.05) is 4.90 Å². The number of rotatable bonds is 5. The quantitative estimate of drug-likeness (QED) is 0.781. The highest BCUT2D eigenvalue weighted by Gasteiger charge is 2.46. The lowest BCUT2D eigenvalue weighted by atomic mass is 10.1. The fourth-order valence-corrected chi connectivity index (χ4v) is 3.39. The lowest BCUT2D eigenvalue weighted by Crippen LogP contribution is -2.45. The summed E-state index contributed by atoms with van der Waals surface area (Å²) in [5, 5.41) is 0. The van der Waals surface area contributed by atoms with Gasteiger partial charge in [-0.25, -0.2) is 4.90 Å². The molecule has 26 heavy (non-hydrogen) atoms. The maximum Gasteiger partial charge on any atom is 0.257 e. The first kappa shape index (κ1) is 16.5. The second-order valence-electron chi connectivity index (χ2n) is 6.85. The van der Waals surface area contributed by atoms with Gasteiger partial charge in [0.25, 0.3) is 5.91 Å². The summed E-state index contributed by atoms with van der Waals surface area (Å²) in [6.45, 7) is 0.350. The van der Waals surface area contributed by atoms with Gasteiger partial charge in [0, 0.05) is 12.5 Å². The van der Waals surface area contributed by atoms with Crippen LogP contribution in [0, 0.1) is 5.92 Å². The number of nitrogens with zero attached hydrogens (tertiary/aromatic N) is 2. The van der Waals surface area contributed by atoms with E-state index in [-0.39, 0.29) is 30.1 Å². The van der Waals surface area contributed by atoms with Gasteiger partial charge in [-0.05, 0) is 30.5 Å². The average Bonchev–Trinajstić information content (AvgIpc) is 3.47. The summed E-state index contributed by atoms with van der Waals surface area (Å²) in [7, 11) is 0. The highest BCUT2D eigenvalue weighted by Crippen LogP contribution is 2.34. The molecule has 5 nitrogen and oxygen atoms in total. The zero-order valence-electron chi connectivity index (χ0n) is 14.4. The summed E-state index contributed by atoms with van der Waals surface area (Å²) in [5.41, 5.74) is 1.52. The van der Waals surface area contributed by atoms with Gasteiger partial charge in [-0.15, -0.1) is 0 Å². The van der Waals surface area contributed by atoms with Crippen LogP contribution in [0.5, 0.6) is 0 Å². The van der Waals surface area contributed by atoms with E-state index in [4.69, 9.17) is 0 Å². The largest absolute Gasteiger partial charge is 0.326 e. The second-order valence-corrected chi connectivity index (χ2v) is 6.85. The Balaban J connectivity index is 1.62. The molecule has 2 aromatic rings. The Kier molecular flexibility index (Phi) is 4.29. The Morgan fingerprint density at radius 2 is 1.58 bits per heavy atom. The number of amides is 3. The standard InChI is InChI=1S/C21H20N2O3/c24-19-13-18(21(26)23(19)17-9-5-2-6-10-17)22(20(25)16-11-12-16)14-15-7-3-1-4-8-15/h1-10,16,18H,11-14H2. The van der Waals surface area contributed by atoms with Crippen LogP contribution >= 0.6 is 0 Å². The average molecular weight is 348 g/mol. The van der Waals surface area contributed by atoms with Gasteiger partial charge in [0.1, 0.15) is 6.04 Å². The molecule has 1 aliphatic carbocycles. The molecule has 1 unspecified atom stereocenters. The maximum atomic E-state index is 13.0. The highest BCUT2D eigenvalue weighted by atomic mass is 16.2. The van der Waals surface area contributed by atoms with E-state index in [0.29, 0.717) is 12.2 Å². The second kappa shape index (κ2) is 6.75. The number of hydrogen-bond acceptors (Lipinski definition) is 3. The van der Waals surface area contributed by atoms with Crippen LogP contribution in [0.1, 0.15) is 24.8 Å². The van der Waals surface area contributed by atoms with E-state index < -0.39 is 6.04 Å². The van der Waals surface area contributed by atoms with Gasteiger partial charge in [-0.1, -0.05) is 48.5 Å². The minimum atomic E-state index is -0.726. The van der Waals surface area contributed by atoms with Crippen molar-refractivity contribution < 1.29 is 14.4 Å². The molecule has 3 amide bonds. The van der Waals surface area contributed by atoms with Crippen LogP contribution < -0.4 is 4.90 Å². The van der Waals surface area contributed by atoms with Crippen LogP contribution in [-0.2, 0) is 20.9 Å². The fourth-order valence-electron chi connectivity index (χ4n) is 3.39. The zero-order valence-corrected chi connectivity index (χ0v) is 14.4. The molecule has 0 bridgehead atoms. The molecule has 0 aromatic heterocycles. The zero-order chi connectivity index (χ0) is 18.1. The molecule has 5 heteroatoms. The number of anilines is 1. The van der Waals surface area contributed by atoms with E-state index in [9.17, 15) is 14.4 Å². The molecule has 0 radical (unpaired) electrons. The third-order valence-corrected chi connectivity index (χ3v) is 4.92. The van der Waals surface area contributed by atoms with Crippen LogP contribution in [0.2, 0.25) is 0 Å². The SMILES string of the molecule is O=C1CC(N(Cc2ccccc2)C(=O)C2CC2)C(=O)N1c1ccccc1. The van der Waals surface area contributed by atoms with E-state index in [1.807, 2.05) is 36.4 Å². The topological polar surface area (TPSA) is 57.7 Å². The van der Waals surface area contributed by atoms with Crippen LogP contribution in [-0.4, -0.2) is 28.7 Å². The van der Waals surface area contributed by atoms with E-state index in [2.05, 4.69) is 0 Å². The Labute approximate surface area is 152 Å². The summed E-state index contributed by atoms with van der Waals surface area (Å²) in [5.74, 6) is -0.596. The molecule has 0 spiro atoms. The first-order valence-electron chi connectivity index (χ1n) is 8.91. The van der Waals surface area contributed by atoms with Crippen molar-refractivity contribution in [1.82, 2.24) is 4.90 Å². The van der Waals surface area contributed by atoms with Gasteiger partial charge in [0.15, 0.2) is 0 Å². The third kappa shape index (κ3) is 3.12. The molecule has 1 heterocycles. The minimum Gasteiger partial charge on any atom is -0.326 e. The summed E-state index contributed by atoms with van der Waals surface area (Å²) >= 11 is 0. The van der Waals surface area contributed by atoms with E-state index >= 15 is 0 Å². The Bertz CT molecular complexity index is 831. The maximum absolute atomic E-state index is 13.0. The first-order valence-corrected chi connectivity index (χ1v) is 8.91. The fraction of sp³-hybridized carbons (Fsp3) is 0.286. The smallest absolute Gasteiger partial charge is 0.257 e. The lowest BCUT2D eigenvalue weighted by molar-refractivity contribution is -0.140. The normalized spacial score (nSPS) is 19.7. The molecule has 1 atom stereocenters. The predicted octanol–water partition coefficient (Wildman–Crippen LogP) is 2.76. The van der Waals surface area contributed by atoms with Crippen LogP contribution in [0.4, 0.5) is 5.69 Å². The van der Waals surface area contributed by atoms with Gasteiger partial charge < -0.3 is 4.90 Å². The third-order valence-electron chi connectivity index (χ3n) is 4.92. The molecule has 2 aliphatic rings. The number of para-hydroxylation sites is 1. The van der Waals surface area contributed by atoms with Gasteiger partial charge in [-0.3, -0.25) is 14.4 Å². The molecule has 2 fully saturated rings. The molecule has 1 saturated heterocycles. The van der Waals surface area contributed by atoms with Gasteiger partial charge in [0.05, 0.1) is 12.1 Å². The van der Waals surface area contributed by atoms with Crippen LogP contribution in [0.15, 0.2) is 60.7 Å². The van der Waals surface area contributed by atoms with Crippen molar-refractivity contribution >= 4 is 23.4 Å². The number of hydrogen-bond donors (Lipinski definition) is 0. The Morgan fingerprint density at radius 1 is 0.962 bits per heavy atom. The minimum absolute atomic E-state index is 0.00705. The molecule has 132 valence electrons. The molecule has 1 saturated carbocycles. The molecule has 1 aliphatic heterocycles. The van der Waals surface area contributed by atoms with E-state index in [1.54, 1.807) is 29.2 Å². The van der Waals surface area contributed by atoms with Crippen LogP contribution in [0.3, 0.4) is 0 Å². The Hall–Kier alpha value is -2.95. The summed E-state index contributed by atoms with van der Waals surface area (Å²) in [6.07, 6.45) is 1.77.